The summed E-state index contributed by atoms with van der Waals surface area (Å²) in [6.07, 6.45) is 11.9. The van der Waals surface area contributed by atoms with Gasteiger partial charge in [0.25, 0.3) is 0 Å². The minimum atomic E-state index is 1.02. The minimum absolute atomic E-state index is 1.02. The van der Waals surface area contributed by atoms with Crippen molar-refractivity contribution in [3.8, 4) is 0 Å². The molecule has 0 heteroatoms. The van der Waals surface area contributed by atoms with Gasteiger partial charge in [-0.15, -0.1) is 0 Å². The Kier molecular flexibility index (Phi) is 4.72. The van der Waals surface area contributed by atoms with E-state index in [0.717, 1.165) is 11.8 Å². The van der Waals surface area contributed by atoms with Crippen LogP contribution in [0.1, 0.15) is 65.2 Å². The fraction of sp³-hybridized carbons (Fsp3) is 1.00. The van der Waals surface area contributed by atoms with E-state index in [9.17, 15) is 0 Å². The van der Waals surface area contributed by atoms with Crippen molar-refractivity contribution in [3.05, 3.63) is 0 Å². The van der Waals surface area contributed by atoms with Gasteiger partial charge in [0.15, 0.2) is 0 Å². The van der Waals surface area contributed by atoms with Gasteiger partial charge < -0.3 is 0 Å². The molecule has 0 aliphatic heterocycles. The Bertz CT molecular complexity index is 98.6. The Morgan fingerprint density at radius 1 is 1.00 bits per heavy atom. The summed E-state index contributed by atoms with van der Waals surface area (Å²) in [5.74, 6) is 2.11. The van der Waals surface area contributed by atoms with Crippen molar-refractivity contribution >= 4 is 0 Å². The predicted octanol–water partition coefficient (Wildman–Crippen LogP) is 4.39. The van der Waals surface area contributed by atoms with Crippen molar-refractivity contribution in [1.29, 1.82) is 0 Å². The van der Waals surface area contributed by atoms with E-state index in [1.54, 1.807) is 0 Å². The molecular formula is C12H24. The molecule has 1 aliphatic rings. The summed E-state index contributed by atoms with van der Waals surface area (Å²) >= 11 is 0. The quantitative estimate of drug-likeness (QED) is 0.546. The summed E-state index contributed by atoms with van der Waals surface area (Å²) in [5.41, 5.74) is 0. The molecule has 0 spiro atoms. The molecule has 1 saturated carbocycles. The molecule has 0 bridgehead atoms. The van der Waals surface area contributed by atoms with E-state index in [1.807, 2.05) is 0 Å². The fourth-order valence-electron chi connectivity index (χ4n) is 2.30. The molecule has 0 heterocycles. The van der Waals surface area contributed by atoms with Crippen LogP contribution in [0.15, 0.2) is 0 Å². The summed E-state index contributed by atoms with van der Waals surface area (Å²) < 4.78 is 0. The van der Waals surface area contributed by atoms with Crippen LogP contribution in [0.25, 0.3) is 0 Å². The van der Waals surface area contributed by atoms with Gasteiger partial charge in [-0.25, -0.2) is 0 Å². The molecule has 0 radical (unpaired) electrons. The van der Waals surface area contributed by atoms with Gasteiger partial charge in [-0.1, -0.05) is 65.2 Å². The van der Waals surface area contributed by atoms with Gasteiger partial charge in [-0.05, 0) is 11.8 Å². The smallest absolute Gasteiger partial charge is 0.0414 e. The van der Waals surface area contributed by atoms with Crippen LogP contribution in [0.5, 0.6) is 0 Å². The van der Waals surface area contributed by atoms with Gasteiger partial charge in [0, 0.05) is 0 Å². The highest BCUT2D eigenvalue weighted by Gasteiger charge is 2.17. The summed E-state index contributed by atoms with van der Waals surface area (Å²) in [7, 11) is 0. The molecule has 0 unspecified atom stereocenters. The summed E-state index contributed by atoms with van der Waals surface area (Å²) in [6.45, 7) is 4.70. The van der Waals surface area contributed by atoms with Crippen molar-refractivity contribution in [1.82, 2.24) is 0 Å². The first-order valence-corrected chi connectivity index (χ1v) is 5.83. The molecule has 0 atom stereocenters. The van der Waals surface area contributed by atoms with Gasteiger partial charge >= 0.3 is 0 Å². The molecule has 0 aromatic rings. The largest absolute Gasteiger partial charge is 0.0654 e. The molecule has 0 aromatic heterocycles. The van der Waals surface area contributed by atoms with E-state index in [0.29, 0.717) is 0 Å². The second kappa shape index (κ2) is 5.61. The Labute approximate surface area is 77.7 Å². The third kappa shape index (κ3) is 3.60. The van der Waals surface area contributed by atoms with Gasteiger partial charge in [-0.3, -0.25) is 0 Å². The van der Waals surface area contributed by atoms with Crippen LogP contribution in [0.3, 0.4) is 0 Å². The van der Waals surface area contributed by atoms with Crippen molar-refractivity contribution < 1.29 is 0 Å². The Morgan fingerprint density at radius 3 is 2.25 bits per heavy atom. The predicted molar refractivity (Wildman–Crippen MR) is 55.3 cm³/mol. The summed E-state index contributed by atoms with van der Waals surface area (Å²) in [6, 6.07) is 0. The van der Waals surface area contributed by atoms with E-state index in [1.165, 1.54) is 51.4 Å². The summed E-state index contributed by atoms with van der Waals surface area (Å²) in [4.78, 5) is 0. The minimum Gasteiger partial charge on any atom is -0.0654 e. The van der Waals surface area contributed by atoms with Gasteiger partial charge in [0.1, 0.15) is 0 Å². The van der Waals surface area contributed by atoms with Crippen molar-refractivity contribution in [3.63, 3.8) is 0 Å². The van der Waals surface area contributed by atoms with Crippen LogP contribution in [0.2, 0.25) is 0 Å². The lowest BCUT2D eigenvalue weighted by Gasteiger charge is -2.25. The monoisotopic (exact) mass is 168 g/mol. The Hall–Kier alpha value is 0. The second-order valence-electron chi connectivity index (χ2n) is 4.62. The topological polar surface area (TPSA) is 0 Å². The Morgan fingerprint density at radius 2 is 1.67 bits per heavy atom. The lowest BCUT2D eigenvalue weighted by molar-refractivity contribution is 0.272. The van der Waals surface area contributed by atoms with E-state index in [2.05, 4.69) is 13.8 Å². The van der Waals surface area contributed by atoms with E-state index in [4.69, 9.17) is 0 Å². The molecule has 0 saturated heterocycles. The van der Waals surface area contributed by atoms with E-state index >= 15 is 0 Å². The molecule has 0 nitrogen and oxygen atoms in total. The zero-order chi connectivity index (χ0) is 8.81. The van der Waals surface area contributed by atoms with Crippen molar-refractivity contribution in [2.24, 2.45) is 11.8 Å². The highest BCUT2D eigenvalue weighted by molar-refractivity contribution is 4.69. The molecule has 0 aromatic carbocycles. The molecule has 0 N–H and O–H groups in total. The lowest BCUT2D eigenvalue weighted by Crippen LogP contribution is -2.11. The van der Waals surface area contributed by atoms with Crippen LogP contribution in [0, 0.1) is 11.8 Å². The molecule has 12 heavy (non-hydrogen) atoms. The SMILES string of the molecule is CCCCCC1CCC(C)CC1. The number of hydrogen-bond acceptors (Lipinski definition) is 0. The second-order valence-corrected chi connectivity index (χ2v) is 4.62. The summed E-state index contributed by atoms with van der Waals surface area (Å²) in [5, 5.41) is 0. The maximum absolute atomic E-state index is 2.41. The standard InChI is InChI=1S/C12H24/c1-3-4-5-6-12-9-7-11(2)8-10-12/h11-12H,3-10H2,1-2H3. The first-order chi connectivity index (χ1) is 5.83. The van der Waals surface area contributed by atoms with Crippen molar-refractivity contribution in [2.45, 2.75) is 65.2 Å². The number of rotatable bonds is 4. The lowest BCUT2D eigenvalue weighted by atomic mass is 9.80. The molecule has 0 amide bonds. The first kappa shape index (κ1) is 10.1. The molecule has 1 rings (SSSR count). The molecule has 72 valence electrons. The third-order valence-electron chi connectivity index (χ3n) is 3.35. The zero-order valence-electron chi connectivity index (χ0n) is 8.81. The van der Waals surface area contributed by atoms with Crippen LogP contribution in [-0.4, -0.2) is 0 Å². The average Bonchev–Trinajstić information content (AvgIpc) is 2.09. The molecule has 1 fully saturated rings. The molecular weight excluding hydrogens is 144 g/mol. The maximum atomic E-state index is 2.41. The number of unbranched alkanes of at least 4 members (excludes halogenated alkanes) is 2. The van der Waals surface area contributed by atoms with Crippen LogP contribution < -0.4 is 0 Å². The zero-order valence-corrected chi connectivity index (χ0v) is 8.81. The van der Waals surface area contributed by atoms with Gasteiger partial charge in [0.05, 0.1) is 0 Å². The Balaban J connectivity index is 2.01. The van der Waals surface area contributed by atoms with Crippen LogP contribution in [0.4, 0.5) is 0 Å². The van der Waals surface area contributed by atoms with Gasteiger partial charge in [0.2, 0.25) is 0 Å². The van der Waals surface area contributed by atoms with Crippen LogP contribution in [-0.2, 0) is 0 Å². The van der Waals surface area contributed by atoms with Gasteiger partial charge in [-0.2, -0.15) is 0 Å². The maximum Gasteiger partial charge on any atom is -0.0414 e. The first-order valence-electron chi connectivity index (χ1n) is 5.83. The highest BCUT2D eigenvalue weighted by atomic mass is 14.2. The normalized spacial score (nSPS) is 30.5. The number of hydrogen-bond donors (Lipinski definition) is 0. The highest BCUT2D eigenvalue weighted by Crippen LogP contribution is 2.31. The van der Waals surface area contributed by atoms with Crippen LogP contribution >= 0.6 is 0 Å². The van der Waals surface area contributed by atoms with E-state index < -0.39 is 0 Å². The third-order valence-corrected chi connectivity index (χ3v) is 3.35. The van der Waals surface area contributed by atoms with E-state index in [-0.39, 0.29) is 0 Å². The van der Waals surface area contributed by atoms with Crippen molar-refractivity contribution in [2.75, 3.05) is 0 Å². The average molecular weight is 168 g/mol. The fourth-order valence-corrected chi connectivity index (χ4v) is 2.30. The molecule has 1 aliphatic carbocycles.